The Morgan fingerprint density at radius 1 is 0.773 bits per heavy atom. The van der Waals surface area contributed by atoms with Crippen LogP contribution in [0.3, 0.4) is 0 Å². The van der Waals surface area contributed by atoms with Crippen molar-refractivity contribution in [3.63, 3.8) is 0 Å². The van der Waals surface area contributed by atoms with Gasteiger partial charge in [-0.15, -0.1) is 0 Å². The van der Waals surface area contributed by atoms with Gasteiger partial charge in [0, 0.05) is 31.7 Å². The first-order chi connectivity index (χ1) is 10.4. The van der Waals surface area contributed by atoms with Crippen LogP contribution in [0.5, 0.6) is 0 Å². The van der Waals surface area contributed by atoms with Gasteiger partial charge in [-0.3, -0.25) is 4.90 Å². The lowest BCUT2D eigenvalue weighted by Gasteiger charge is -2.48. The van der Waals surface area contributed by atoms with E-state index in [2.05, 4.69) is 0 Å². The monoisotopic (exact) mass is 331 g/mol. The van der Waals surface area contributed by atoms with Gasteiger partial charge in [-0.1, -0.05) is 0 Å². The number of rotatable bonds is 1. The normalized spacial score (nSPS) is 54.0. The molecular formula is C14H19F6NO. The van der Waals surface area contributed by atoms with Crippen LogP contribution >= 0.6 is 0 Å². The van der Waals surface area contributed by atoms with E-state index < -0.39 is 67.9 Å². The van der Waals surface area contributed by atoms with Crippen molar-refractivity contribution in [3.05, 3.63) is 0 Å². The van der Waals surface area contributed by atoms with Crippen LogP contribution in [0.15, 0.2) is 0 Å². The number of alkyl halides is 6. The minimum atomic E-state index is -2.24. The molecule has 2 aliphatic carbocycles. The molecule has 8 heteroatoms. The maximum absolute atomic E-state index is 14.0. The molecule has 2 nitrogen and oxygen atoms in total. The SMILES string of the molecule is FC1CC(F)C(N2COC3CC(F)C(F)C(F)C3C2)C(F)C1. The third-order valence-electron chi connectivity index (χ3n) is 5.02. The predicted molar refractivity (Wildman–Crippen MR) is 67.0 cm³/mol. The van der Waals surface area contributed by atoms with Crippen LogP contribution in [0.25, 0.3) is 0 Å². The van der Waals surface area contributed by atoms with Crippen LogP contribution < -0.4 is 0 Å². The quantitative estimate of drug-likeness (QED) is 0.685. The van der Waals surface area contributed by atoms with Crippen molar-refractivity contribution >= 4 is 0 Å². The zero-order chi connectivity index (χ0) is 16.0. The molecule has 2 saturated carbocycles. The molecule has 0 bridgehead atoms. The van der Waals surface area contributed by atoms with E-state index in [1.54, 1.807) is 0 Å². The van der Waals surface area contributed by atoms with Crippen LogP contribution in [0.4, 0.5) is 26.3 Å². The second-order valence-corrected chi connectivity index (χ2v) is 6.50. The summed E-state index contributed by atoms with van der Waals surface area (Å²) >= 11 is 0. The fraction of sp³-hybridized carbons (Fsp3) is 1.00. The Hall–Kier alpha value is -0.500. The van der Waals surface area contributed by atoms with Crippen molar-refractivity contribution in [2.24, 2.45) is 5.92 Å². The van der Waals surface area contributed by atoms with E-state index in [4.69, 9.17) is 4.74 Å². The minimum absolute atomic E-state index is 0.110. The van der Waals surface area contributed by atoms with Gasteiger partial charge in [0.2, 0.25) is 0 Å². The van der Waals surface area contributed by atoms with Crippen molar-refractivity contribution in [3.8, 4) is 0 Å². The van der Waals surface area contributed by atoms with Gasteiger partial charge >= 0.3 is 0 Å². The maximum Gasteiger partial charge on any atom is 0.163 e. The predicted octanol–water partition coefficient (Wildman–Crippen LogP) is 2.86. The number of hydrogen-bond acceptors (Lipinski definition) is 2. The molecule has 0 aromatic carbocycles. The van der Waals surface area contributed by atoms with Crippen molar-refractivity contribution in [2.45, 2.75) is 68.4 Å². The minimum Gasteiger partial charge on any atom is -0.362 e. The topological polar surface area (TPSA) is 12.5 Å². The van der Waals surface area contributed by atoms with Gasteiger partial charge < -0.3 is 4.74 Å². The maximum atomic E-state index is 14.0. The van der Waals surface area contributed by atoms with Gasteiger partial charge in [-0.2, -0.15) is 0 Å². The molecule has 22 heavy (non-hydrogen) atoms. The highest BCUT2D eigenvalue weighted by molar-refractivity contribution is 5.00. The van der Waals surface area contributed by atoms with Crippen LogP contribution in [-0.2, 0) is 4.74 Å². The van der Waals surface area contributed by atoms with Crippen molar-refractivity contribution in [1.82, 2.24) is 4.90 Å². The Labute approximate surface area is 124 Å². The third kappa shape index (κ3) is 2.84. The molecule has 1 saturated heterocycles. The van der Waals surface area contributed by atoms with Crippen LogP contribution in [0, 0.1) is 5.92 Å². The Morgan fingerprint density at radius 3 is 2.05 bits per heavy atom. The highest BCUT2D eigenvalue weighted by Gasteiger charge is 2.52. The summed E-state index contributed by atoms with van der Waals surface area (Å²) in [5.74, 6) is -0.960. The highest BCUT2D eigenvalue weighted by Crippen LogP contribution is 2.39. The lowest BCUT2D eigenvalue weighted by atomic mass is 9.80. The van der Waals surface area contributed by atoms with Crippen molar-refractivity contribution in [2.75, 3.05) is 13.3 Å². The largest absolute Gasteiger partial charge is 0.362 e. The first-order valence-corrected chi connectivity index (χ1v) is 7.58. The summed E-state index contributed by atoms with van der Waals surface area (Å²) in [5.41, 5.74) is 0. The second kappa shape index (κ2) is 6.19. The Kier molecular flexibility index (Phi) is 4.60. The molecule has 7 unspecified atom stereocenters. The van der Waals surface area contributed by atoms with Gasteiger partial charge in [-0.25, -0.2) is 26.3 Å². The molecule has 0 aromatic heterocycles. The van der Waals surface area contributed by atoms with E-state index in [1.807, 2.05) is 0 Å². The standard InChI is InChI=1S/C14H19F6NO/c15-6-1-9(17)14(10(18)2-6)21-4-7-11(22-5-21)3-8(16)13(20)12(7)19/h6-14H,1-5H2. The zero-order valence-corrected chi connectivity index (χ0v) is 11.9. The van der Waals surface area contributed by atoms with E-state index in [1.165, 1.54) is 4.90 Å². The molecule has 0 N–H and O–H groups in total. The summed E-state index contributed by atoms with van der Waals surface area (Å²) in [4.78, 5) is 1.26. The van der Waals surface area contributed by atoms with Crippen molar-refractivity contribution in [1.29, 1.82) is 0 Å². The average molecular weight is 331 g/mol. The molecule has 3 aliphatic rings. The smallest absolute Gasteiger partial charge is 0.163 e. The Balaban J connectivity index is 1.70. The molecule has 7 atom stereocenters. The zero-order valence-electron chi connectivity index (χ0n) is 11.9. The van der Waals surface area contributed by atoms with Crippen LogP contribution in [-0.4, -0.2) is 67.4 Å². The Morgan fingerprint density at radius 2 is 1.41 bits per heavy atom. The summed E-state index contributed by atoms with van der Waals surface area (Å²) in [5, 5.41) is 0. The molecule has 3 fully saturated rings. The summed E-state index contributed by atoms with van der Waals surface area (Å²) in [7, 11) is 0. The molecule has 0 radical (unpaired) electrons. The van der Waals surface area contributed by atoms with Gasteiger partial charge in [0.25, 0.3) is 0 Å². The molecule has 0 aromatic rings. The first kappa shape index (κ1) is 16.4. The van der Waals surface area contributed by atoms with E-state index in [0.29, 0.717) is 0 Å². The van der Waals surface area contributed by atoms with Gasteiger partial charge in [0.1, 0.15) is 30.9 Å². The highest BCUT2D eigenvalue weighted by atomic mass is 19.2. The molecule has 3 rings (SSSR count). The molecule has 1 aliphatic heterocycles. The average Bonchev–Trinajstić information content (AvgIpc) is 2.44. The van der Waals surface area contributed by atoms with Gasteiger partial charge in [-0.05, 0) is 0 Å². The molecule has 0 spiro atoms. The molecule has 0 amide bonds. The van der Waals surface area contributed by atoms with Crippen LogP contribution in [0.2, 0.25) is 0 Å². The van der Waals surface area contributed by atoms with Gasteiger partial charge in [0.05, 0.1) is 18.9 Å². The fourth-order valence-corrected chi connectivity index (χ4v) is 3.85. The lowest BCUT2D eigenvalue weighted by Crippen LogP contribution is -2.62. The number of hydrogen-bond donors (Lipinski definition) is 0. The summed E-state index contributed by atoms with van der Waals surface area (Å²) < 4.78 is 87.3. The number of halogens is 6. The van der Waals surface area contributed by atoms with Crippen LogP contribution in [0.1, 0.15) is 19.3 Å². The summed E-state index contributed by atoms with van der Waals surface area (Å²) in [6.45, 7) is -0.290. The number of fused-ring (bicyclic) bond motifs is 1. The second-order valence-electron chi connectivity index (χ2n) is 6.50. The van der Waals surface area contributed by atoms with E-state index in [-0.39, 0.29) is 19.7 Å². The third-order valence-corrected chi connectivity index (χ3v) is 5.02. The molecule has 128 valence electrons. The fourth-order valence-electron chi connectivity index (χ4n) is 3.85. The first-order valence-electron chi connectivity index (χ1n) is 7.58. The summed E-state index contributed by atoms with van der Waals surface area (Å²) in [6, 6.07) is -1.22. The van der Waals surface area contributed by atoms with E-state index in [9.17, 15) is 26.3 Å². The summed E-state index contributed by atoms with van der Waals surface area (Å²) in [6.07, 6.45) is -13.1. The molecular weight excluding hydrogens is 312 g/mol. The van der Waals surface area contributed by atoms with E-state index in [0.717, 1.165) is 0 Å². The number of nitrogens with zero attached hydrogens (tertiary/aromatic N) is 1. The molecule has 1 heterocycles. The Bertz CT molecular complexity index is 388. The van der Waals surface area contributed by atoms with E-state index >= 15 is 0 Å². The number of ether oxygens (including phenoxy) is 1. The van der Waals surface area contributed by atoms with Gasteiger partial charge in [0.15, 0.2) is 6.17 Å². The van der Waals surface area contributed by atoms with Crippen molar-refractivity contribution < 1.29 is 31.1 Å². The lowest BCUT2D eigenvalue weighted by molar-refractivity contribution is -0.188.